The number of Topliss-reactive ketones (excluding diaryl/α,β-unsaturated/α-hetero) is 1. The SMILES string of the molecule is CCC(=O)c1ccccc1OCCN1CCN(CC)CC1.O=C(O)C(=O)O. The van der Waals surface area contributed by atoms with Crippen LogP contribution in [0.5, 0.6) is 5.75 Å². The number of aliphatic carboxylic acids is 2. The van der Waals surface area contributed by atoms with Crippen molar-refractivity contribution in [2.24, 2.45) is 0 Å². The van der Waals surface area contributed by atoms with Crippen molar-refractivity contribution in [3.63, 3.8) is 0 Å². The van der Waals surface area contributed by atoms with Crippen molar-refractivity contribution in [3.05, 3.63) is 29.8 Å². The molecular formula is C19H28N2O6. The Balaban J connectivity index is 0.000000527. The highest BCUT2D eigenvalue weighted by Gasteiger charge is 2.15. The number of benzene rings is 1. The molecule has 0 atom stereocenters. The topological polar surface area (TPSA) is 107 Å². The molecular weight excluding hydrogens is 352 g/mol. The van der Waals surface area contributed by atoms with Gasteiger partial charge in [-0.05, 0) is 18.7 Å². The lowest BCUT2D eigenvalue weighted by Gasteiger charge is -2.33. The van der Waals surface area contributed by atoms with Gasteiger partial charge in [-0.1, -0.05) is 26.0 Å². The molecule has 0 bridgehead atoms. The molecule has 1 aliphatic rings. The lowest BCUT2D eigenvalue weighted by atomic mass is 10.1. The molecule has 0 spiro atoms. The van der Waals surface area contributed by atoms with Gasteiger partial charge in [0.25, 0.3) is 0 Å². The van der Waals surface area contributed by atoms with E-state index in [2.05, 4.69) is 16.7 Å². The fourth-order valence-electron chi connectivity index (χ4n) is 2.63. The van der Waals surface area contributed by atoms with Gasteiger partial charge in [0, 0.05) is 39.1 Å². The van der Waals surface area contributed by atoms with Crippen LogP contribution in [0, 0.1) is 0 Å². The second-order valence-electron chi connectivity index (χ2n) is 6.01. The molecule has 1 aromatic rings. The third-order valence-electron chi connectivity index (χ3n) is 4.27. The number of carbonyl (C=O) groups excluding carboxylic acids is 1. The number of piperazine rings is 1. The lowest BCUT2D eigenvalue weighted by Crippen LogP contribution is -2.47. The number of likely N-dealkylation sites (N-methyl/N-ethyl adjacent to an activating group) is 1. The third-order valence-corrected chi connectivity index (χ3v) is 4.27. The summed E-state index contributed by atoms with van der Waals surface area (Å²) in [5.41, 5.74) is 0.704. The van der Waals surface area contributed by atoms with Gasteiger partial charge >= 0.3 is 11.9 Å². The Morgan fingerprint density at radius 3 is 2.04 bits per heavy atom. The first kappa shape index (κ1) is 22.6. The summed E-state index contributed by atoms with van der Waals surface area (Å²) in [7, 11) is 0. The summed E-state index contributed by atoms with van der Waals surface area (Å²) >= 11 is 0. The zero-order chi connectivity index (χ0) is 20.2. The minimum atomic E-state index is -1.82. The van der Waals surface area contributed by atoms with Crippen LogP contribution < -0.4 is 4.74 Å². The highest BCUT2D eigenvalue weighted by Crippen LogP contribution is 2.19. The van der Waals surface area contributed by atoms with Gasteiger partial charge < -0.3 is 19.8 Å². The minimum Gasteiger partial charge on any atom is -0.491 e. The Morgan fingerprint density at radius 1 is 0.963 bits per heavy atom. The lowest BCUT2D eigenvalue weighted by molar-refractivity contribution is -0.159. The van der Waals surface area contributed by atoms with Crippen LogP contribution in [0.1, 0.15) is 30.6 Å². The van der Waals surface area contributed by atoms with Gasteiger partial charge in [0.2, 0.25) is 0 Å². The first-order valence-electron chi connectivity index (χ1n) is 9.04. The molecule has 1 saturated heterocycles. The van der Waals surface area contributed by atoms with E-state index in [9.17, 15) is 4.79 Å². The van der Waals surface area contributed by atoms with Crippen molar-refractivity contribution in [2.45, 2.75) is 20.3 Å². The third kappa shape index (κ3) is 8.19. The summed E-state index contributed by atoms with van der Waals surface area (Å²) in [6.07, 6.45) is 0.513. The molecule has 8 heteroatoms. The molecule has 150 valence electrons. The molecule has 1 aliphatic heterocycles. The molecule has 0 amide bonds. The van der Waals surface area contributed by atoms with Crippen molar-refractivity contribution < 1.29 is 29.3 Å². The smallest absolute Gasteiger partial charge is 0.414 e. The predicted molar refractivity (Wildman–Crippen MR) is 100 cm³/mol. The van der Waals surface area contributed by atoms with Crippen LogP contribution in [0.4, 0.5) is 0 Å². The van der Waals surface area contributed by atoms with E-state index in [-0.39, 0.29) is 5.78 Å². The molecule has 0 radical (unpaired) electrons. The largest absolute Gasteiger partial charge is 0.491 e. The number of ether oxygens (including phenoxy) is 1. The molecule has 2 rings (SSSR count). The number of hydrogen-bond acceptors (Lipinski definition) is 6. The Hall–Kier alpha value is -2.45. The van der Waals surface area contributed by atoms with E-state index >= 15 is 0 Å². The van der Waals surface area contributed by atoms with Crippen molar-refractivity contribution in [1.82, 2.24) is 9.80 Å². The van der Waals surface area contributed by atoms with E-state index in [1.165, 1.54) is 0 Å². The van der Waals surface area contributed by atoms with E-state index in [0.29, 0.717) is 18.6 Å². The zero-order valence-electron chi connectivity index (χ0n) is 15.9. The van der Waals surface area contributed by atoms with Gasteiger partial charge in [0.05, 0.1) is 5.56 Å². The highest BCUT2D eigenvalue weighted by molar-refractivity contribution is 6.27. The average molecular weight is 380 g/mol. The number of nitrogens with zero attached hydrogens (tertiary/aromatic N) is 2. The number of carboxylic acid groups (broad SMARTS) is 2. The second kappa shape index (κ2) is 12.0. The molecule has 2 N–H and O–H groups in total. The number of hydrogen-bond donors (Lipinski definition) is 2. The summed E-state index contributed by atoms with van der Waals surface area (Å²) < 4.78 is 5.84. The number of carbonyl (C=O) groups is 3. The van der Waals surface area contributed by atoms with Crippen molar-refractivity contribution in [1.29, 1.82) is 0 Å². The molecule has 8 nitrogen and oxygen atoms in total. The second-order valence-corrected chi connectivity index (χ2v) is 6.01. The van der Waals surface area contributed by atoms with E-state index in [1.54, 1.807) is 0 Å². The maximum atomic E-state index is 11.9. The first-order valence-corrected chi connectivity index (χ1v) is 9.04. The van der Waals surface area contributed by atoms with E-state index < -0.39 is 11.9 Å². The van der Waals surface area contributed by atoms with Crippen molar-refractivity contribution >= 4 is 17.7 Å². The quantitative estimate of drug-likeness (QED) is 0.541. The molecule has 0 aromatic heterocycles. The fourth-order valence-corrected chi connectivity index (χ4v) is 2.63. The summed E-state index contributed by atoms with van der Waals surface area (Å²) in [6, 6.07) is 7.54. The van der Waals surface area contributed by atoms with Crippen LogP contribution in [0.3, 0.4) is 0 Å². The van der Waals surface area contributed by atoms with Crippen LogP contribution in [0.2, 0.25) is 0 Å². The standard InChI is InChI=1S/C17H26N2O2.C2H2O4/c1-3-16(20)15-7-5-6-8-17(15)21-14-13-19-11-9-18(4-2)10-12-19;3-1(4)2(5)6/h5-8H,3-4,9-14H2,1-2H3;(H,3,4)(H,5,6). The maximum absolute atomic E-state index is 11.9. The van der Waals surface area contributed by atoms with Crippen LogP contribution >= 0.6 is 0 Å². The molecule has 1 aromatic carbocycles. The first-order chi connectivity index (χ1) is 12.9. The average Bonchev–Trinajstić information content (AvgIpc) is 2.68. The maximum Gasteiger partial charge on any atom is 0.414 e. The van der Waals surface area contributed by atoms with Crippen LogP contribution in [0.15, 0.2) is 24.3 Å². The monoisotopic (exact) mass is 380 g/mol. The van der Waals surface area contributed by atoms with Crippen molar-refractivity contribution in [2.75, 3.05) is 45.9 Å². The van der Waals surface area contributed by atoms with E-state index in [0.717, 1.165) is 45.0 Å². The minimum absolute atomic E-state index is 0.141. The molecule has 0 saturated carbocycles. The van der Waals surface area contributed by atoms with Crippen LogP contribution in [-0.2, 0) is 9.59 Å². The summed E-state index contributed by atoms with van der Waals surface area (Å²) in [5.74, 6) is -2.79. The van der Waals surface area contributed by atoms with Gasteiger partial charge in [-0.2, -0.15) is 0 Å². The Kier molecular flexibility index (Phi) is 10.1. The number of carboxylic acids is 2. The summed E-state index contributed by atoms with van der Waals surface area (Å²) in [4.78, 5) is 35.0. The van der Waals surface area contributed by atoms with E-state index in [1.807, 2.05) is 31.2 Å². The van der Waals surface area contributed by atoms with Gasteiger partial charge in [0.15, 0.2) is 5.78 Å². The number of rotatable bonds is 7. The predicted octanol–water partition coefficient (Wildman–Crippen LogP) is 1.45. The summed E-state index contributed by atoms with van der Waals surface area (Å²) in [5, 5.41) is 14.8. The van der Waals surface area contributed by atoms with Gasteiger partial charge in [-0.3, -0.25) is 9.69 Å². The number of para-hydroxylation sites is 1. The van der Waals surface area contributed by atoms with Gasteiger partial charge in [0.1, 0.15) is 12.4 Å². The molecule has 27 heavy (non-hydrogen) atoms. The molecule has 0 aliphatic carbocycles. The van der Waals surface area contributed by atoms with Gasteiger partial charge in [-0.15, -0.1) is 0 Å². The summed E-state index contributed by atoms with van der Waals surface area (Å²) in [6.45, 7) is 11.3. The van der Waals surface area contributed by atoms with Gasteiger partial charge in [-0.25, -0.2) is 9.59 Å². The Morgan fingerprint density at radius 2 is 1.52 bits per heavy atom. The normalized spacial score (nSPS) is 14.7. The zero-order valence-corrected chi connectivity index (χ0v) is 15.9. The molecule has 1 fully saturated rings. The van der Waals surface area contributed by atoms with E-state index in [4.69, 9.17) is 24.5 Å². The van der Waals surface area contributed by atoms with Crippen LogP contribution in [-0.4, -0.2) is 83.6 Å². The highest BCUT2D eigenvalue weighted by atomic mass is 16.5. The fraction of sp³-hybridized carbons (Fsp3) is 0.526. The van der Waals surface area contributed by atoms with Crippen molar-refractivity contribution in [3.8, 4) is 5.75 Å². The van der Waals surface area contributed by atoms with Crippen LogP contribution in [0.25, 0.3) is 0 Å². The molecule has 0 unspecified atom stereocenters. The Bertz CT molecular complexity index is 614. The molecule has 1 heterocycles. The Labute approximate surface area is 159 Å². The number of ketones is 1.